The first-order valence-corrected chi connectivity index (χ1v) is 6.33. The van der Waals surface area contributed by atoms with Crippen molar-refractivity contribution < 1.29 is 23.1 Å². The van der Waals surface area contributed by atoms with E-state index in [0.29, 0.717) is 6.42 Å². The predicted molar refractivity (Wildman–Crippen MR) is 60.9 cm³/mol. The number of carboxylic acids is 1. The molecule has 18 heavy (non-hydrogen) atoms. The van der Waals surface area contributed by atoms with Crippen molar-refractivity contribution >= 4 is 17.7 Å². The molecule has 0 amide bonds. The molecule has 0 saturated carbocycles. The summed E-state index contributed by atoms with van der Waals surface area (Å²) in [6.45, 7) is 0. The van der Waals surface area contributed by atoms with Gasteiger partial charge in [-0.15, -0.1) is 11.8 Å². The van der Waals surface area contributed by atoms with Crippen LogP contribution in [0.25, 0.3) is 0 Å². The summed E-state index contributed by atoms with van der Waals surface area (Å²) < 4.78 is 38.0. The Balaban J connectivity index is 1.96. The number of carbonyl (C=O) groups is 1. The molecular weight excluding hydrogens is 269 g/mol. The molecule has 3 unspecified atom stereocenters. The molecule has 2 rings (SSSR count). The predicted octanol–water partition coefficient (Wildman–Crippen LogP) is 1.60. The van der Waals surface area contributed by atoms with Crippen molar-refractivity contribution in [1.29, 1.82) is 0 Å². The Morgan fingerprint density at radius 1 is 1.61 bits per heavy atom. The molecule has 1 fully saturated rings. The van der Waals surface area contributed by atoms with Crippen molar-refractivity contribution in [2.24, 2.45) is 0 Å². The zero-order chi connectivity index (χ0) is 13.5. The molecule has 4 nitrogen and oxygen atoms in total. The second kappa shape index (κ2) is 4.75. The smallest absolute Gasteiger partial charge is 0.405 e. The Morgan fingerprint density at radius 3 is 2.72 bits per heavy atom. The number of hydrazine groups is 1. The van der Waals surface area contributed by atoms with Crippen LogP contribution in [0.4, 0.5) is 13.2 Å². The number of nitrogens with zero attached hydrogens (tertiary/aromatic N) is 1. The summed E-state index contributed by atoms with van der Waals surface area (Å²) in [5.74, 6) is -1.01. The van der Waals surface area contributed by atoms with E-state index < -0.39 is 18.2 Å². The summed E-state index contributed by atoms with van der Waals surface area (Å²) in [4.78, 5) is 11.0. The molecule has 8 heteroatoms. The number of rotatable bonds is 2. The maximum absolute atomic E-state index is 12.7. The molecule has 0 radical (unpaired) electrons. The Hall–Kier alpha value is -0.730. The van der Waals surface area contributed by atoms with Gasteiger partial charge in [0.2, 0.25) is 0 Å². The van der Waals surface area contributed by atoms with Crippen LogP contribution in [-0.2, 0) is 4.79 Å². The Morgan fingerprint density at radius 2 is 2.28 bits per heavy atom. The minimum absolute atomic E-state index is 0.0432. The first kappa shape index (κ1) is 13.7. The number of alkyl halides is 3. The van der Waals surface area contributed by atoms with E-state index in [-0.39, 0.29) is 22.6 Å². The van der Waals surface area contributed by atoms with E-state index in [1.54, 1.807) is 6.08 Å². The highest BCUT2D eigenvalue weighted by Crippen LogP contribution is 2.39. The van der Waals surface area contributed by atoms with Crippen LogP contribution in [0, 0.1) is 0 Å². The molecule has 102 valence electrons. The summed E-state index contributed by atoms with van der Waals surface area (Å²) in [6, 6.07) is -1.85. The van der Waals surface area contributed by atoms with Crippen LogP contribution in [0.3, 0.4) is 0 Å². The third-order valence-electron chi connectivity index (χ3n) is 3.17. The van der Waals surface area contributed by atoms with Gasteiger partial charge in [0.05, 0.1) is 4.91 Å². The van der Waals surface area contributed by atoms with Crippen molar-refractivity contribution in [2.45, 2.75) is 36.4 Å². The van der Waals surface area contributed by atoms with Crippen LogP contribution in [0.1, 0.15) is 12.8 Å². The van der Waals surface area contributed by atoms with Crippen molar-refractivity contribution in [3.63, 3.8) is 0 Å². The van der Waals surface area contributed by atoms with Crippen molar-refractivity contribution in [3.05, 3.63) is 11.0 Å². The van der Waals surface area contributed by atoms with Gasteiger partial charge in [-0.1, -0.05) is 6.08 Å². The van der Waals surface area contributed by atoms with E-state index in [1.807, 2.05) is 0 Å². The number of hydrogen-bond donors (Lipinski definition) is 2. The average molecular weight is 282 g/mol. The van der Waals surface area contributed by atoms with Gasteiger partial charge in [-0.05, 0) is 12.8 Å². The zero-order valence-electron chi connectivity index (χ0n) is 9.57. The lowest BCUT2D eigenvalue weighted by Crippen LogP contribution is -2.44. The van der Waals surface area contributed by atoms with Crippen LogP contribution in [0.5, 0.6) is 0 Å². The fourth-order valence-electron chi connectivity index (χ4n) is 2.26. The molecule has 0 bridgehead atoms. The third kappa shape index (κ3) is 2.65. The third-order valence-corrected chi connectivity index (χ3v) is 4.58. The quantitative estimate of drug-likeness (QED) is 0.805. The lowest BCUT2D eigenvalue weighted by atomic mass is 10.0. The number of hydrogen-bond acceptors (Lipinski definition) is 4. The molecule has 0 aromatic rings. The molecule has 2 heterocycles. The lowest BCUT2D eigenvalue weighted by molar-refractivity contribution is -0.176. The van der Waals surface area contributed by atoms with Crippen molar-refractivity contribution in [1.82, 2.24) is 10.4 Å². The SMILES string of the molecule is CN1NC(C2CC=C(C(=O)O)S2)CC1C(F)(F)F. The maximum Gasteiger partial charge on any atom is 0.405 e. The standard InChI is InChI=1S/C10H13F3N2O2S/c1-15-8(10(11,12)13)4-5(14-15)6-2-3-7(18-6)9(16)17/h3,5-6,8,14H,2,4H2,1H3,(H,16,17). The Labute approximate surface area is 106 Å². The van der Waals surface area contributed by atoms with E-state index in [1.165, 1.54) is 7.05 Å². The highest BCUT2D eigenvalue weighted by atomic mass is 32.2. The molecule has 2 N–H and O–H groups in total. The second-order valence-corrected chi connectivity index (χ2v) is 5.69. The van der Waals surface area contributed by atoms with Crippen molar-refractivity contribution in [2.75, 3.05) is 7.05 Å². The summed E-state index contributed by atoms with van der Waals surface area (Å²) in [7, 11) is 1.36. The summed E-state index contributed by atoms with van der Waals surface area (Å²) in [6.07, 6.45) is -2.25. The molecule has 2 aliphatic heterocycles. The highest BCUT2D eigenvalue weighted by Gasteiger charge is 2.49. The maximum atomic E-state index is 12.7. The Kier molecular flexibility index (Phi) is 3.61. The fourth-order valence-corrected chi connectivity index (χ4v) is 3.41. The summed E-state index contributed by atoms with van der Waals surface area (Å²) >= 11 is 1.14. The van der Waals surface area contributed by atoms with Gasteiger partial charge in [0.15, 0.2) is 0 Å². The number of thioether (sulfide) groups is 1. The van der Waals surface area contributed by atoms with Crippen LogP contribution < -0.4 is 5.43 Å². The van der Waals surface area contributed by atoms with Crippen molar-refractivity contribution in [3.8, 4) is 0 Å². The van der Waals surface area contributed by atoms with Crippen LogP contribution in [0.15, 0.2) is 11.0 Å². The fraction of sp³-hybridized carbons (Fsp3) is 0.700. The second-order valence-electron chi connectivity index (χ2n) is 4.41. The molecule has 0 aromatic carbocycles. The van der Waals surface area contributed by atoms with E-state index in [9.17, 15) is 18.0 Å². The van der Waals surface area contributed by atoms with E-state index >= 15 is 0 Å². The Bertz CT molecular complexity index is 386. The van der Waals surface area contributed by atoms with E-state index in [0.717, 1.165) is 16.8 Å². The van der Waals surface area contributed by atoms with Gasteiger partial charge in [-0.2, -0.15) is 13.2 Å². The number of carboxylic acid groups (broad SMARTS) is 1. The molecule has 0 spiro atoms. The molecular formula is C10H13F3N2O2S. The summed E-state index contributed by atoms with van der Waals surface area (Å²) in [5.41, 5.74) is 2.78. The highest BCUT2D eigenvalue weighted by molar-refractivity contribution is 8.04. The van der Waals surface area contributed by atoms with Gasteiger partial charge in [0.25, 0.3) is 0 Å². The minimum Gasteiger partial charge on any atom is -0.477 e. The van der Waals surface area contributed by atoms with Crippen LogP contribution in [0.2, 0.25) is 0 Å². The van der Waals surface area contributed by atoms with Gasteiger partial charge < -0.3 is 5.11 Å². The minimum atomic E-state index is -4.26. The monoisotopic (exact) mass is 282 g/mol. The lowest BCUT2D eigenvalue weighted by Gasteiger charge is -2.21. The molecule has 0 aliphatic carbocycles. The van der Waals surface area contributed by atoms with Gasteiger partial charge in [0.1, 0.15) is 6.04 Å². The molecule has 3 atom stereocenters. The molecule has 2 aliphatic rings. The van der Waals surface area contributed by atoms with Crippen LogP contribution in [-0.4, -0.2) is 46.6 Å². The number of aliphatic carboxylic acids is 1. The first-order valence-electron chi connectivity index (χ1n) is 5.45. The van der Waals surface area contributed by atoms with Gasteiger partial charge in [-0.25, -0.2) is 9.80 Å². The number of nitrogens with one attached hydrogen (secondary N) is 1. The topological polar surface area (TPSA) is 52.6 Å². The normalized spacial score (nSPS) is 33.8. The van der Waals surface area contributed by atoms with Gasteiger partial charge in [0, 0.05) is 18.3 Å². The van der Waals surface area contributed by atoms with E-state index in [2.05, 4.69) is 5.43 Å². The molecule has 0 aromatic heterocycles. The van der Waals surface area contributed by atoms with Gasteiger partial charge in [-0.3, -0.25) is 5.43 Å². The summed E-state index contributed by atoms with van der Waals surface area (Å²) in [5, 5.41) is 9.73. The average Bonchev–Trinajstić information content (AvgIpc) is 2.81. The molecule has 1 saturated heterocycles. The number of allylic oxidation sites excluding steroid dienone is 1. The van der Waals surface area contributed by atoms with Gasteiger partial charge >= 0.3 is 12.1 Å². The van der Waals surface area contributed by atoms with E-state index in [4.69, 9.17) is 5.11 Å². The first-order chi connectivity index (χ1) is 8.29. The zero-order valence-corrected chi connectivity index (χ0v) is 10.4. The van der Waals surface area contributed by atoms with Crippen LogP contribution >= 0.6 is 11.8 Å². The number of halogens is 3. The largest absolute Gasteiger partial charge is 0.477 e.